The predicted molar refractivity (Wildman–Crippen MR) is 68.3 cm³/mol. The lowest BCUT2D eigenvalue weighted by atomic mass is 10.3. The van der Waals surface area contributed by atoms with Crippen LogP contribution in [0.4, 0.5) is 0 Å². The number of benzene rings is 1. The first kappa shape index (κ1) is 11.4. The van der Waals surface area contributed by atoms with Gasteiger partial charge in [0.2, 0.25) is 5.88 Å². The van der Waals surface area contributed by atoms with Crippen molar-refractivity contribution in [3.05, 3.63) is 24.3 Å². The van der Waals surface area contributed by atoms with Crippen LogP contribution in [0.2, 0.25) is 0 Å². The van der Waals surface area contributed by atoms with Crippen molar-refractivity contribution in [2.24, 2.45) is 0 Å². The number of hydrogen-bond donors (Lipinski definition) is 0. The topological polar surface area (TPSA) is 25.4 Å². The second-order valence-corrected chi connectivity index (χ2v) is 4.98. The van der Waals surface area contributed by atoms with E-state index in [1.54, 1.807) is 0 Å². The van der Waals surface area contributed by atoms with Gasteiger partial charge in [0.1, 0.15) is 6.10 Å². The molecule has 0 amide bonds. The summed E-state index contributed by atoms with van der Waals surface area (Å²) in [4.78, 5) is 2.11. The van der Waals surface area contributed by atoms with Crippen molar-refractivity contribution in [1.82, 2.24) is 9.27 Å². The molecule has 3 nitrogen and oxygen atoms in total. The van der Waals surface area contributed by atoms with Crippen LogP contribution < -0.4 is 4.74 Å². The lowest BCUT2D eigenvalue weighted by Crippen LogP contribution is -2.28. The predicted octanol–water partition coefficient (Wildman–Crippen LogP) is 2.63. The molecular formula is C12H16N2OS. The van der Waals surface area contributed by atoms with E-state index in [1.807, 2.05) is 26.2 Å². The molecule has 1 heterocycles. The van der Waals surface area contributed by atoms with Crippen molar-refractivity contribution in [2.45, 2.75) is 13.0 Å². The zero-order valence-electron chi connectivity index (χ0n) is 9.80. The number of rotatable bonds is 4. The summed E-state index contributed by atoms with van der Waals surface area (Å²) in [6, 6.07) is 8.15. The summed E-state index contributed by atoms with van der Waals surface area (Å²) in [5.74, 6) is 0.759. The van der Waals surface area contributed by atoms with Crippen LogP contribution in [-0.2, 0) is 0 Å². The Morgan fingerprint density at radius 1 is 1.38 bits per heavy atom. The van der Waals surface area contributed by atoms with Gasteiger partial charge in [-0.15, -0.1) is 0 Å². The van der Waals surface area contributed by atoms with E-state index in [0.717, 1.165) is 17.8 Å². The molecule has 0 N–H and O–H groups in total. The van der Waals surface area contributed by atoms with E-state index in [9.17, 15) is 0 Å². The SMILES string of the molecule is CC(CN(C)C)Oc1nsc2ccccc12. The van der Waals surface area contributed by atoms with Crippen LogP contribution in [0.15, 0.2) is 24.3 Å². The lowest BCUT2D eigenvalue weighted by Gasteiger charge is -2.17. The van der Waals surface area contributed by atoms with Crippen molar-refractivity contribution < 1.29 is 4.74 Å². The van der Waals surface area contributed by atoms with Crippen molar-refractivity contribution in [3.8, 4) is 5.88 Å². The molecule has 2 aromatic rings. The molecule has 0 saturated carbocycles. The summed E-state index contributed by atoms with van der Waals surface area (Å²) in [5, 5.41) is 1.11. The molecule has 4 heteroatoms. The first-order valence-corrected chi connectivity index (χ1v) is 6.10. The Morgan fingerprint density at radius 3 is 2.88 bits per heavy atom. The van der Waals surface area contributed by atoms with Crippen molar-refractivity contribution in [1.29, 1.82) is 0 Å². The molecule has 2 rings (SSSR count). The standard InChI is InChI=1S/C12H16N2OS/c1-9(8-14(2)3)15-12-10-6-4-5-7-11(10)16-13-12/h4-7,9H,8H2,1-3H3. The van der Waals surface area contributed by atoms with E-state index in [-0.39, 0.29) is 6.10 Å². The van der Waals surface area contributed by atoms with E-state index in [4.69, 9.17) is 4.74 Å². The van der Waals surface area contributed by atoms with Crippen molar-refractivity contribution in [3.63, 3.8) is 0 Å². The molecule has 0 fully saturated rings. The lowest BCUT2D eigenvalue weighted by molar-refractivity contribution is 0.174. The first-order chi connectivity index (χ1) is 7.66. The number of hydrogen-bond acceptors (Lipinski definition) is 4. The highest BCUT2D eigenvalue weighted by molar-refractivity contribution is 7.13. The van der Waals surface area contributed by atoms with E-state index in [0.29, 0.717) is 0 Å². The fourth-order valence-corrected chi connectivity index (χ4v) is 2.41. The van der Waals surface area contributed by atoms with Crippen molar-refractivity contribution in [2.75, 3.05) is 20.6 Å². The zero-order valence-corrected chi connectivity index (χ0v) is 10.6. The Bertz CT molecular complexity index is 467. The van der Waals surface area contributed by atoms with Crippen LogP contribution in [0.5, 0.6) is 5.88 Å². The molecule has 0 aliphatic heterocycles. The summed E-state index contributed by atoms with van der Waals surface area (Å²) in [6.45, 7) is 2.96. The highest BCUT2D eigenvalue weighted by Crippen LogP contribution is 2.28. The molecule has 1 unspecified atom stereocenters. The Labute approximate surface area is 99.8 Å². The molecule has 16 heavy (non-hydrogen) atoms. The van der Waals surface area contributed by atoms with Gasteiger partial charge in [-0.05, 0) is 44.7 Å². The Kier molecular flexibility index (Phi) is 3.41. The van der Waals surface area contributed by atoms with Gasteiger partial charge in [0.15, 0.2) is 0 Å². The third-order valence-electron chi connectivity index (χ3n) is 2.28. The number of aromatic nitrogens is 1. The summed E-state index contributed by atoms with van der Waals surface area (Å²) in [5.41, 5.74) is 0. The van der Waals surface area contributed by atoms with E-state index >= 15 is 0 Å². The van der Waals surface area contributed by atoms with Gasteiger partial charge in [-0.1, -0.05) is 12.1 Å². The number of ether oxygens (including phenoxy) is 1. The largest absolute Gasteiger partial charge is 0.472 e. The summed E-state index contributed by atoms with van der Waals surface area (Å²) < 4.78 is 11.4. The van der Waals surface area contributed by atoms with Crippen LogP contribution >= 0.6 is 11.5 Å². The molecule has 1 aromatic carbocycles. The van der Waals surface area contributed by atoms with Crippen LogP contribution in [0.1, 0.15) is 6.92 Å². The minimum Gasteiger partial charge on any atom is -0.472 e. The molecule has 0 aliphatic carbocycles. The quantitative estimate of drug-likeness (QED) is 0.816. The van der Waals surface area contributed by atoms with E-state index in [2.05, 4.69) is 28.3 Å². The second kappa shape index (κ2) is 4.80. The van der Waals surface area contributed by atoms with Crippen LogP contribution in [0, 0.1) is 0 Å². The van der Waals surface area contributed by atoms with Gasteiger partial charge in [-0.25, -0.2) is 0 Å². The highest BCUT2D eigenvalue weighted by Gasteiger charge is 2.11. The Hall–Kier alpha value is -1.13. The van der Waals surface area contributed by atoms with Gasteiger partial charge in [-0.3, -0.25) is 0 Å². The van der Waals surface area contributed by atoms with Gasteiger partial charge >= 0.3 is 0 Å². The maximum Gasteiger partial charge on any atom is 0.233 e. The molecule has 86 valence electrons. The smallest absolute Gasteiger partial charge is 0.233 e. The van der Waals surface area contributed by atoms with Gasteiger partial charge < -0.3 is 9.64 Å². The minimum absolute atomic E-state index is 0.153. The molecule has 0 saturated heterocycles. The van der Waals surface area contributed by atoms with Crippen LogP contribution in [-0.4, -0.2) is 36.0 Å². The van der Waals surface area contributed by atoms with Crippen LogP contribution in [0.25, 0.3) is 10.1 Å². The second-order valence-electron chi connectivity index (χ2n) is 4.17. The molecule has 0 bridgehead atoms. The normalized spacial score (nSPS) is 13.2. The molecule has 0 radical (unpaired) electrons. The fourth-order valence-electron chi connectivity index (χ4n) is 1.69. The summed E-state index contributed by atoms with van der Waals surface area (Å²) in [7, 11) is 4.08. The number of nitrogens with zero attached hydrogens (tertiary/aromatic N) is 2. The Morgan fingerprint density at radius 2 is 2.12 bits per heavy atom. The third-order valence-corrected chi connectivity index (χ3v) is 3.09. The molecule has 1 aromatic heterocycles. The summed E-state index contributed by atoms with van der Waals surface area (Å²) >= 11 is 1.49. The monoisotopic (exact) mass is 236 g/mol. The molecular weight excluding hydrogens is 220 g/mol. The summed E-state index contributed by atoms with van der Waals surface area (Å²) in [6.07, 6.45) is 0.153. The average molecular weight is 236 g/mol. The number of fused-ring (bicyclic) bond motifs is 1. The van der Waals surface area contributed by atoms with E-state index in [1.165, 1.54) is 16.2 Å². The molecule has 0 spiro atoms. The van der Waals surface area contributed by atoms with Gasteiger partial charge in [-0.2, -0.15) is 4.37 Å². The minimum atomic E-state index is 0.153. The highest BCUT2D eigenvalue weighted by atomic mass is 32.1. The first-order valence-electron chi connectivity index (χ1n) is 5.32. The number of likely N-dealkylation sites (N-methyl/N-ethyl adjacent to an activating group) is 1. The third kappa shape index (κ3) is 2.51. The Balaban J connectivity index is 2.15. The van der Waals surface area contributed by atoms with Gasteiger partial charge in [0, 0.05) is 6.54 Å². The van der Waals surface area contributed by atoms with Gasteiger partial charge in [0.05, 0.1) is 10.1 Å². The van der Waals surface area contributed by atoms with E-state index < -0.39 is 0 Å². The van der Waals surface area contributed by atoms with Crippen LogP contribution in [0.3, 0.4) is 0 Å². The average Bonchev–Trinajstić information content (AvgIpc) is 2.61. The molecule has 1 atom stereocenters. The fraction of sp³-hybridized carbons (Fsp3) is 0.417. The zero-order chi connectivity index (χ0) is 11.5. The maximum atomic E-state index is 5.84. The molecule has 0 aliphatic rings. The maximum absolute atomic E-state index is 5.84. The van der Waals surface area contributed by atoms with Gasteiger partial charge in [0.25, 0.3) is 0 Å². The van der Waals surface area contributed by atoms with Crippen molar-refractivity contribution >= 4 is 21.6 Å².